The Labute approximate surface area is 176 Å². The topological polar surface area (TPSA) is 69.0 Å². The Bertz CT molecular complexity index is 847. The molecule has 0 unspecified atom stereocenters. The van der Waals surface area contributed by atoms with Crippen molar-refractivity contribution in [2.45, 2.75) is 74.9 Å². The third-order valence-corrected chi connectivity index (χ3v) is 7.04. The van der Waals surface area contributed by atoms with Crippen molar-refractivity contribution in [2.75, 3.05) is 7.11 Å². The predicted octanol–water partition coefficient (Wildman–Crippen LogP) is 4.46. The van der Waals surface area contributed by atoms with Crippen molar-refractivity contribution in [3.8, 4) is 17.1 Å². The number of methoxy groups -OCH3 is 1. The van der Waals surface area contributed by atoms with Crippen LogP contribution in [0.1, 0.15) is 58.4 Å². The number of carbonyl (C=O) groups is 1. The molecule has 2 saturated carbocycles. The molecule has 0 saturated heterocycles. The first-order chi connectivity index (χ1) is 14.1. The second kappa shape index (κ2) is 8.78. The average molecular weight is 415 g/mol. The molecular weight excluding hydrogens is 384 g/mol. The van der Waals surface area contributed by atoms with Gasteiger partial charge in [0.15, 0.2) is 11.0 Å². The molecule has 2 fully saturated rings. The SMILES string of the molecule is COc1ccc(-c2nnc(S[C@@H](C)C(=O)NC3CC3)n2[C@@H]2CCCC[C@@H]2C)cc1. The van der Waals surface area contributed by atoms with Crippen LogP contribution in [0.15, 0.2) is 29.4 Å². The van der Waals surface area contributed by atoms with Gasteiger partial charge in [-0.2, -0.15) is 0 Å². The van der Waals surface area contributed by atoms with Gasteiger partial charge in [0.2, 0.25) is 5.91 Å². The number of thioether (sulfide) groups is 1. The molecule has 29 heavy (non-hydrogen) atoms. The molecule has 1 heterocycles. The number of carbonyl (C=O) groups excluding carboxylic acids is 1. The monoisotopic (exact) mass is 414 g/mol. The molecule has 2 aliphatic carbocycles. The van der Waals surface area contributed by atoms with Crippen LogP contribution in [0.5, 0.6) is 5.75 Å². The van der Waals surface area contributed by atoms with E-state index in [9.17, 15) is 4.79 Å². The third kappa shape index (κ3) is 4.60. The van der Waals surface area contributed by atoms with Crippen LogP contribution >= 0.6 is 11.8 Å². The maximum Gasteiger partial charge on any atom is 0.233 e. The highest BCUT2D eigenvalue weighted by atomic mass is 32.2. The minimum Gasteiger partial charge on any atom is -0.497 e. The van der Waals surface area contributed by atoms with Gasteiger partial charge in [0.05, 0.1) is 12.4 Å². The Morgan fingerprint density at radius 3 is 2.55 bits per heavy atom. The fraction of sp³-hybridized carbons (Fsp3) is 0.591. The molecule has 2 aromatic rings. The lowest BCUT2D eigenvalue weighted by molar-refractivity contribution is -0.120. The van der Waals surface area contributed by atoms with E-state index in [4.69, 9.17) is 4.74 Å². The summed E-state index contributed by atoms with van der Waals surface area (Å²) in [6.07, 6.45) is 7.03. The van der Waals surface area contributed by atoms with E-state index in [-0.39, 0.29) is 11.2 Å². The highest BCUT2D eigenvalue weighted by Gasteiger charge is 2.31. The van der Waals surface area contributed by atoms with Gasteiger partial charge in [-0.25, -0.2) is 0 Å². The lowest BCUT2D eigenvalue weighted by Crippen LogP contribution is -2.33. The number of nitrogens with one attached hydrogen (secondary N) is 1. The minimum absolute atomic E-state index is 0.0924. The second-order valence-corrected chi connectivity index (χ2v) is 9.58. The standard InChI is InChI=1S/C22H30N4O2S/c1-14-6-4-5-7-19(14)26-20(16-8-12-18(28-3)13-9-16)24-25-22(26)29-15(2)21(27)23-17-10-11-17/h8-9,12-15,17,19H,4-7,10-11H2,1-3H3,(H,23,27)/t14-,15-,19+/m0/s1. The van der Waals surface area contributed by atoms with Gasteiger partial charge in [0, 0.05) is 17.6 Å². The van der Waals surface area contributed by atoms with Crippen molar-refractivity contribution >= 4 is 17.7 Å². The Morgan fingerprint density at radius 2 is 1.90 bits per heavy atom. The molecule has 1 aromatic carbocycles. The van der Waals surface area contributed by atoms with Gasteiger partial charge in [-0.05, 0) is 62.8 Å². The first-order valence-corrected chi connectivity index (χ1v) is 11.5. The predicted molar refractivity (Wildman–Crippen MR) is 115 cm³/mol. The van der Waals surface area contributed by atoms with Gasteiger partial charge >= 0.3 is 0 Å². The Balaban J connectivity index is 1.64. The van der Waals surface area contributed by atoms with Gasteiger partial charge in [-0.1, -0.05) is 31.5 Å². The number of hydrogen-bond acceptors (Lipinski definition) is 5. The van der Waals surface area contributed by atoms with Gasteiger partial charge < -0.3 is 10.1 Å². The first kappa shape index (κ1) is 20.3. The molecule has 1 amide bonds. The molecule has 1 N–H and O–H groups in total. The average Bonchev–Trinajstić information content (AvgIpc) is 3.46. The number of aromatic nitrogens is 3. The molecular formula is C22H30N4O2S. The summed E-state index contributed by atoms with van der Waals surface area (Å²) < 4.78 is 7.59. The fourth-order valence-corrected chi connectivity index (χ4v) is 4.95. The lowest BCUT2D eigenvalue weighted by Gasteiger charge is -2.31. The summed E-state index contributed by atoms with van der Waals surface area (Å²) in [4.78, 5) is 12.5. The largest absolute Gasteiger partial charge is 0.497 e. The van der Waals surface area contributed by atoms with E-state index in [0.717, 1.165) is 41.6 Å². The minimum atomic E-state index is -0.193. The summed E-state index contributed by atoms with van der Waals surface area (Å²) >= 11 is 1.52. The molecule has 0 spiro atoms. The summed E-state index contributed by atoms with van der Waals surface area (Å²) in [6.45, 7) is 4.28. The van der Waals surface area contributed by atoms with Crippen molar-refractivity contribution in [3.63, 3.8) is 0 Å². The van der Waals surface area contributed by atoms with E-state index < -0.39 is 0 Å². The van der Waals surface area contributed by atoms with E-state index in [1.807, 2.05) is 31.2 Å². The summed E-state index contributed by atoms with van der Waals surface area (Å²) in [5, 5.41) is 12.8. The first-order valence-electron chi connectivity index (χ1n) is 10.6. The van der Waals surface area contributed by atoms with Gasteiger partial charge in [0.1, 0.15) is 5.75 Å². The van der Waals surface area contributed by atoms with Crippen LogP contribution in [-0.2, 0) is 4.79 Å². The molecule has 0 radical (unpaired) electrons. The highest BCUT2D eigenvalue weighted by molar-refractivity contribution is 8.00. The molecule has 4 rings (SSSR count). The van der Waals surface area contributed by atoms with Crippen LogP contribution in [0, 0.1) is 5.92 Å². The molecule has 0 aliphatic heterocycles. The summed E-state index contributed by atoms with van der Waals surface area (Å²) in [7, 11) is 1.67. The summed E-state index contributed by atoms with van der Waals surface area (Å²) in [5.74, 6) is 2.36. The van der Waals surface area contributed by atoms with Crippen LogP contribution in [-0.4, -0.2) is 39.1 Å². The zero-order valence-electron chi connectivity index (χ0n) is 17.4. The fourth-order valence-electron chi connectivity index (χ4n) is 4.03. The van der Waals surface area contributed by atoms with Crippen molar-refractivity contribution in [2.24, 2.45) is 5.92 Å². The van der Waals surface area contributed by atoms with Crippen molar-refractivity contribution in [1.82, 2.24) is 20.1 Å². The zero-order valence-corrected chi connectivity index (χ0v) is 18.2. The van der Waals surface area contributed by atoms with Crippen molar-refractivity contribution in [1.29, 1.82) is 0 Å². The third-order valence-electron chi connectivity index (χ3n) is 5.99. The molecule has 6 nitrogen and oxygen atoms in total. The Hall–Kier alpha value is -2.02. The molecule has 2 aliphatic rings. The number of benzene rings is 1. The van der Waals surface area contributed by atoms with Crippen LogP contribution in [0.3, 0.4) is 0 Å². The second-order valence-electron chi connectivity index (χ2n) is 8.28. The maximum absolute atomic E-state index is 12.5. The van der Waals surface area contributed by atoms with E-state index >= 15 is 0 Å². The van der Waals surface area contributed by atoms with Crippen molar-refractivity contribution in [3.05, 3.63) is 24.3 Å². The molecule has 1 aromatic heterocycles. The van der Waals surface area contributed by atoms with Crippen LogP contribution in [0.2, 0.25) is 0 Å². The Morgan fingerprint density at radius 1 is 1.17 bits per heavy atom. The summed E-state index contributed by atoms with van der Waals surface area (Å²) in [5.41, 5.74) is 1.03. The number of amides is 1. The zero-order chi connectivity index (χ0) is 20.4. The number of hydrogen-bond donors (Lipinski definition) is 1. The molecule has 3 atom stereocenters. The summed E-state index contributed by atoms with van der Waals surface area (Å²) in [6, 6.07) is 8.71. The van der Waals surface area contributed by atoms with E-state index in [2.05, 4.69) is 27.0 Å². The molecule has 7 heteroatoms. The Kier molecular flexibility index (Phi) is 6.13. The van der Waals surface area contributed by atoms with E-state index in [1.54, 1.807) is 7.11 Å². The molecule has 0 bridgehead atoms. The number of ether oxygens (including phenoxy) is 1. The quantitative estimate of drug-likeness (QED) is 0.677. The van der Waals surface area contributed by atoms with E-state index in [1.165, 1.54) is 31.0 Å². The van der Waals surface area contributed by atoms with Gasteiger partial charge in [-0.15, -0.1) is 10.2 Å². The van der Waals surface area contributed by atoms with Crippen molar-refractivity contribution < 1.29 is 9.53 Å². The molecule has 156 valence electrons. The smallest absolute Gasteiger partial charge is 0.233 e. The van der Waals surface area contributed by atoms with Crippen LogP contribution in [0.4, 0.5) is 0 Å². The lowest BCUT2D eigenvalue weighted by atomic mass is 9.85. The van der Waals surface area contributed by atoms with Gasteiger partial charge in [0.25, 0.3) is 0 Å². The van der Waals surface area contributed by atoms with Crippen LogP contribution < -0.4 is 10.1 Å². The maximum atomic E-state index is 12.5. The number of rotatable bonds is 7. The van der Waals surface area contributed by atoms with Crippen LogP contribution in [0.25, 0.3) is 11.4 Å². The normalized spacial score (nSPS) is 22.9. The highest BCUT2D eigenvalue weighted by Crippen LogP contribution is 2.40. The van der Waals surface area contributed by atoms with Gasteiger partial charge in [-0.3, -0.25) is 9.36 Å². The van der Waals surface area contributed by atoms with E-state index in [0.29, 0.717) is 18.0 Å². The number of nitrogens with zero attached hydrogens (tertiary/aromatic N) is 3.